The van der Waals surface area contributed by atoms with Gasteiger partial charge >= 0.3 is 5.97 Å². The Morgan fingerprint density at radius 2 is 1.53 bits per heavy atom. The summed E-state index contributed by atoms with van der Waals surface area (Å²) in [6.45, 7) is 1.74. The van der Waals surface area contributed by atoms with Gasteiger partial charge in [0.2, 0.25) is 5.91 Å². The Bertz CT molecular complexity index is 255. The maximum Gasteiger partial charge on any atom is 0.303 e. The molecule has 0 bridgehead atoms. The number of unbranched alkanes of at least 4 members (excludes halogenated alkanes) is 4. The van der Waals surface area contributed by atoms with Crippen LogP contribution in [0.2, 0.25) is 0 Å². The van der Waals surface area contributed by atoms with Gasteiger partial charge in [-0.05, 0) is 39.9 Å². The number of carboxylic acid groups (broad SMARTS) is 1. The maximum absolute atomic E-state index is 11.5. The Hall–Kier alpha value is -1.10. The van der Waals surface area contributed by atoms with E-state index >= 15 is 0 Å². The number of amides is 1. The lowest BCUT2D eigenvalue weighted by Gasteiger charge is -2.09. The van der Waals surface area contributed by atoms with Crippen LogP contribution in [-0.4, -0.2) is 49.1 Å². The number of nitrogens with zero attached hydrogens (tertiary/aromatic N) is 1. The molecule has 0 aliphatic carbocycles. The lowest BCUT2D eigenvalue weighted by molar-refractivity contribution is -0.137. The van der Waals surface area contributed by atoms with E-state index in [4.69, 9.17) is 5.11 Å². The molecule has 0 aliphatic rings. The first-order valence-corrected chi connectivity index (χ1v) is 7.15. The van der Waals surface area contributed by atoms with E-state index in [9.17, 15) is 9.59 Å². The second kappa shape index (κ2) is 12.0. The second-order valence-electron chi connectivity index (χ2n) is 5.17. The summed E-state index contributed by atoms with van der Waals surface area (Å²) in [4.78, 5) is 23.9. The quantitative estimate of drug-likeness (QED) is 0.532. The number of hydrogen-bond acceptors (Lipinski definition) is 3. The van der Waals surface area contributed by atoms with E-state index in [2.05, 4.69) is 10.2 Å². The summed E-state index contributed by atoms with van der Waals surface area (Å²) >= 11 is 0. The van der Waals surface area contributed by atoms with Crippen LogP contribution in [0.25, 0.3) is 0 Å². The smallest absolute Gasteiger partial charge is 0.303 e. The van der Waals surface area contributed by atoms with Gasteiger partial charge in [-0.15, -0.1) is 0 Å². The molecular formula is C14H28N2O3. The predicted octanol–water partition coefficient (Wildman–Crippen LogP) is 1.87. The molecule has 0 aromatic rings. The number of carboxylic acids is 1. The molecule has 112 valence electrons. The van der Waals surface area contributed by atoms with Gasteiger partial charge in [0.25, 0.3) is 0 Å². The van der Waals surface area contributed by atoms with Crippen molar-refractivity contribution in [2.75, 3.05) is 27.2 Å². The Morgan fingerprint density at radius 3 is 2.11 bits per heavy atom. The second-order valence-corrected chi connectivity index (χ2v) is 5.17. The molecule has 0 atom stereocenters. The highest BCUT2D eigenvalue weighted by Crippen LogP contribution is 2.07. The van der Waals surface area contributed by atoms with Crippen molar-refractivity contribution in [1.82, 2.24) is 10.2 Å². The highest BCUT2D eigenvalue weighted by molar-refractivity contribution is 5.75. The van der Waals surface area contributed by atoms with Crippen molar-refractivity contribution < 1.29 is 14.7 Å². The first kappa shape index (κ1) is 17.9. The van der Waals surface area contributed by atoms with E-state index in [0.717, 1.165) is 51.6 Å². The topological polar surface area (TPSA) is 69.6 Å². The average Bonchev–Trinajstić information content (AvgIpc) is 2.33. The van der Waals surface area contributed by atoms with Crippen molar-refractivity contribution in [3.8, 4) is 0 Å². The summed E-state index contributed by atoms with van der Waals surface area (Å²) in [7, 11) is 4.04. The zero-order valence-corrected chi connectivity index (χ0v) is 12.3. The summed E-state index contributed by atoms with van der Waals surface area (Å²) in [6, 6.07) is 0. The van der Waals surface area contributed by atoms with Crippen molar-refractivity contribution >= 4 is 11.9 Å². The van der Waals surface area contributed by atoms with Crippen LogP contribution < -0.4 is 5.32 Å². The van der Waals surface area contributed by atoms with E-state index in [-0.39, 0.29) is 12.3 Å². The Morgan fingerprint density at radius 1 is 0.947 bits per heavy atom. The molecule has 0 aliphatic heterocycles. The zero-order valence-electron chi connectivity index (χ0n) is 12.3. The lowest BCUT2D eigenvalue weighted by atomic mass is 10.1. The molecule has 19 heavy (non-hydrogen) atoms. The highest BCUT2D eigenvalue weighted by Gasteiger charge is 2.01. The van der Waals surface area contributed by atoms with Crippen LogP contribution in [0.1, 0.15) is 51.4 Å². The van der Waals surface area contributed by atoms with Gasteiger partial charge in [-0.2, -0.15) is 0 Å². The van der Waals surface area contributed by atoms with Gasteiger partial charge < -0.3 is 15.3 Å². The fourth-order valence-electron chi connectivity index (χ4n) is 1.80. The SMILES string of the molecule is CN(C)CCCNC(=O)CCCCCCCC(=O)O. The molecule has 0 unspecified atom stereocenters. The van der Waals surface area contributed by atoms with Crippen molar-refractivity contribution in [1.29, 1.82) is 0 Å². The third-order valence-corrected chi connectivity index (χ3v) is 2.90. The minimum Gasteiger partial charge on any atom is -0.481 e. The van der Waals surface area contributed by atoms with E-state index < -0.39 is 5.97 Å². The van der Waals surface area contributed by atoms with Gasteiger partial charge in [0.15, 0.2) is 0 Å². The molecule has 0 rings (SSSR count). The first-order valence-electron chi connectivity index (χ1n) is 7.15. The van der Waals surface area contributed by atoms with Crippen molar-refractivity contribution in [2.24, 2.45) is 0 Å². The minimum atomic E-state index is -0.725. The zero-order chi connectivity index (χ0) is 14.5. The molecule has 2 N–H and O–H groups in total. The molecule has 0 radical (unpaired) electrons. The van der Waals surface area contributed by atoms with E-state index in [0.29, 0.717) is 6.42 Å². The minimum absolute atomic E-state index is 0.129. The van der Waals surface area contributed by atoms with Crippen LogP contribution in [0, 0.1) is 0 Å². The molecule has 0 heterocycles. The van der Waals surface area contributed by atoms with Gasteiger partial charge in [-0.3, -0.25) is 9.59 Å². The van der Waals surface area contributed by atoms with Crippen molar-refractivity contribution in [3.63, 3.8) is 0 Å². The van der Waals surface area contributed by atoms with E-state index in [1.54, 1.807) is 0 Å². The van der Waals surface area contributed by atoms with Crippen LogP contribution in [0.5, 0.6) is 0 Å². The number of nitrogens with one attached hydrogen (secondary N) is 1. The normalized spacial score (nSPS) is 10.7. The summed E-state index contributed by atoms with van der Waals surface area (Å²) in [5.41, 5.74) is 0. The third kappa shape index (κ3) is 14.8. The largest absolute Gasteiger partial charge is 0.481 e. The Labute approximate surface area is 116 Å². The van der Waals surface area contributed by atoms with Gasteiger partial charge in [0, 0.05) is 19.4 Å². The van der Waals surface area contributed by atoms with Crippen LogP contribution in [0.4, 0.5) is 0 Å². The van der Waals surface area contributed by atoms with Crippen molar-refractivity contribution in [3.05, 3.63) is 0 Å². The van der Waals surface area contributed by atoms with Gasteiger partial charge in [0.1, 0.15) is 0 Å². The highest BCUT2D eigenvalue weighted by atomic mass is 16.4. The van der Waals surface area contributed by atoms with Crippen LogP contribution in [-0.2, 0) is 9.59 Å². The van der Waals surface area contributed by atoms with Crippen LogP contribution in [0.3, 0.4) is 0 Å². The van der Waals surface area contributed by atoms with Crippen molar-refractivity contribution in [2.45, 2.75) is 51.4 Å². The molecule has 0 saturated heterocycles. The Balaban J connectivity index is 3.22. The molecule has 0 spiro atoms. The molecule has 5 nitrogen and oxygen atoms in total. The fourth-order valence-corrected chi connectivity index (χ4v) is 1.80. The molecule has 0 aromatic heterocycles. The number of aliphatic carboxylic acids is 1. The summed E-state index contributed by atoms with van der Waals surface area (Å²) in [5, 5.41) is 11.4. The summed E-state index contributed by atoms with van der Waals surface area (Å²) < 4.78 is 0. The monoisotopic (exact) mass is 272 g/mol. The molecule has 0 saturated carbocycles. The predicted molar refractivity (Wildman–Crippen MR) is 76.1 cm³/mol. The van der Waals surface area contributed by atoms with Gasteiger partial charge in [-0.25, -0.2) is 0 Å². The molecule has 5 heteroatoms. The molecular weight excluding hydrogens is 244 g/mol. The lowest BCUT2D eigenvalue weighted by Crippen LogP contribution is -2.26. The standard InChI is InChI=1S/C14H28N2O3/c1-16(2)12-8-11-15-13(17)9-6-4-3-5-7-10-14(18)19/h3-12H2,1-2H3,(H,15,17)(H,18,19). The molecule has 0 aromatic carbocycles. The van der Waals surface area contributed by atoms with Gasteiger partial charge in [0.05, 0.1) is 0 Å². The molecule has 0 fully saturated rings. The fraction of sp³-hybridized carbons (Fsp3) is 0.857. The molecule has 1 amide bonds. The number of carbonyl (C=O) groups excluding carboxylic acids is 1. The summed E-state index contributed by atoms with van der Waals surface area (Å²) in [5.74, 6) is -0.596. The van der Waals surface area contributed by atoms with Gasteiger partial charge in [-0.1, -0.05) is 19.3 Å². The first-order chi connectivity index (χ1) is 9.02. The average molecular weight is 272 g/mol. The number of carbonyl (C=O) groups is 2. The van der Waals surface area contributed by atoms with Crippen LogP contribution in [0.15, 0.2) is 0 Å². The van der Waals surface area contributed by atoms with Crippen LogP contribution >= 0.6 is 0 Å². The summed E-state index contributed by atoms with van der Waals surface area (Å²) in [6.07, 6.45) is 6.42. The number of rotatable bonds is 12. The maximum atomic E-state index is 11.5. The third-order valence-electron chi connectivity index (χ3n) is 2.90. The Kier molecular flexibility index (Phi) is 11.3. The van der Waals surface area contributed by atoms with E-state index in [1.807, 2.05) is 14.1 Å². The van der Waals surface area contributed by atoms with E-state index in [1.165, 1.54) is 0 Å². The number of hydrogen-bond donors (Lipinski definition) is 2.